The van der Waals surface area contributed by atoms with Gasteiger partial charge >= 0.3 is 0 Å². The summed E-state index contributed by atoms with van der Waals surface area (Å²) in [5, 5.41) is 14.0. The van der Waals surface area contributed by atoms with Crippen molar-refractivity contribution in [1.82, 2.24) is 24.4 Å². The Labute approximate surface area is 181 Å². The van der Waals surface area contributed by atoms with E-state index in [1.165, 1.54) is 4.57 Å². The van der Waals surface area contributed by atoms with E-state index in [4.69, 9.17) is 28.3 Å². The maximum atomic E-state index is 13.2. The van der Waals surface area contributed by atoms with E-state index in [0.29, 0.717) is 26.9 Å². The summed E-state index contributed by atoms with van der Waals surface area (Å²) >= 11 is 12.4. The number of hydrogen-bond acceptors (Lipinski definition) is 4. The Morgan fingerprint density at radius 3 is 2.53 bits per heavy atom. The van der Waals surface area contributed by atoms with Crippen LogP contribution in [0.3, 0.4) is 0 Å². The van der Waals surface area contributed by atoms with Crippen molar-refractivity contribution in [2.75, 3.05) is 0 Å². The summed E-state index contributed by atoms with van der Waals surface area (Å²) in [4.78, 5) is 13.2. The van der Waals surface area contributed by atoms with Crippen LogP contribution in [0.2, 0.25) is 10.0 Å². The van der Waals surface area contributed by atoms with Crippen LogP contribution < -0.4 is 5.56 Å². The molecule has 0 aliphatic rings. The SMILES string of the molecule is CCc1nn2c(nnc3c(=O)n(-c4cccc(Cl)c4Cl)ccc32)c1-c1ccccc1. The van der Waals surface area contributed by atoms with E-state index < -0.39 is 0 Å². The van der Waals surface area contributed by atoms with Gasteiger partial charge in [-0.3, -0.25) is 9.36 Å². The molecule has 0 unspecified atom stereocenters. The van der Waals surface area contributed by atoms with Crippen molar-refractivity contribution >= 4 is 39.9 Å². The van der Waals surface area contributed by atoms with Crippen molar-refractivity contribution in [3.05, 3.63) is 86.9 Å². The maximum absolute atomic E-state index is 13.2. The first kappa shape index (κ1) is 18.8. The summed E-state index contributed by atoms with van der Waals surface area (Å²) in [6.45, 7) is 2.04. The van der Waals surface area contributed by atoms with Gasteiger partial charge in [0.1, 0.15) is 5.52 Å². The summed E-state index contributed by atoms with van der Waals surface area (Å²) in [5.74, 6) is 0. The van der Waals surface area contributed by atoms with E-state index in [1.807, 2.05) is 37.3 Å². The third-order valence-corrected chi connectivity index (χ3v) is 5.85. The molecule has 0 bridgehead atoms. The van der Waals surface area contributed by atoms with E-state index in [2.05, 4.69) is 10.2 Å². The Balaban J connectivity index is 1.80. The molecule has 0 saturated carbocycles. The average molecular weight is 436 g/mol. The lowest BCUT2D eigenvalue weighted by atomic mass is 10.0. The van der Waals surface area contributed by atoms with Crippen molar-refractivity contribution in [3.8, 4) is 16.8 Å². The molecule has 5 aromatic rings. The molecule has 8 heteroatoms. The van der Waals surface area contributed by atoms with E-state index in [0.717, 1.165) is 23.2 Å². The molecule has 3 aromatic heterocycles. The molecule has 2 aromatic carbocycles. The van der Waals surface area contributed by atoms with E-state index in [-0.39, 0.29) is 11.1 Å². The number of aryl methyl sites for hydroxylation is 1. The highest BCUT2D eigenvalue weighted by molar-refractivity contribution is 6.43. The molecular formula is C22H15Cl2N5O. The first-order valence-corrected chi connectivity index (χ1v) is 10.1. The number of fused-ring (bicyclic) bond motifs is 3. The zero-order valence-corrected chi connectivity index (χ0v) is 17.4. The molecule has 5 rings (SSSR count). The Kier molecular flexibility index (Phi) is 4.53. The van der Waals surface area contributed by atoms with Gasteiger partial charge in [0.2, 0.25) is 0 Å². The van der Waals surface area contributed by atoms with Gasteiger partial charge in [-0.15, -0.1) is 10.2 Å². The van der Waals surface area contributed by atoms with Crippen LogP contribution >= 0.6 is 23.2 Å². The highest BCUT2D eigenvalue weighted by atomic mass is 35.5. The van der Waals surface area contributed by atoms with Gasteiger partial charge in [-0.25, -0.2) is 4.52 Å². The molecular weight excluding hydrogens is 421 g/mol. The maximum Gasteiger partial charge on any atom is 0.285 e. The standard InChI is InChI=1S/C22H15Cl2N5O/c1-2-15-18(13-7-4-3-5-8-13)21-26-25-20-17(29(21)27-15)11-12-28(22(20)30)16-10-6-9-14(23)19(16)24/h3-12H,2H2,1H3. The number of pyridine rings is 1. The number of hydrogen-bond donors (Lipinski definition) is 0. The molecule has 6 nitrogen and oxygen atoms in total. The van der Waals surface area contributed by atoms with Crippen molar-refractivity contribution < 1.29 is 0 Å². The fraction of sp³-hybridized carbons (Fsp3) is 0.0909. The molecule has 0 saturated heterocycles. The van der Waals surface area contributed by atoms with Crippen LogP contribution in [0.1, 0.15) is 12.6 Å². The summed E-state index contributed by atoms with van der Waals surface area (Å²) < 4.78 is 3.11. The van der Waals surface area contributed by atoms with Crippen LogP contribution in [0.5, 0.6) is 0 Å². The van der Waals surface area contributed by atoms with E-state index in [1.54, 1.807) is 35.0 Å². The smallest absolute Gasteiger partial charge is 0.281 e. The summed E-state index contributed by atoms with van der Waals surface area (Å²) in [6, 6.07) is 16.9. The molecule has 0 amide bonds. The van der Waals surface area contributed by atoms with Gasteiger partial charge < -0.3 is 0 Å². The van der Waals surface area contributed by atoms with Crippen LogP contribution in [0.15, 0.2) is 65.6 Å². The minimum absolute atomic E-state index is 0.200. The second kappa shape index (κ2) is 7.23. The lowest BCUT2D eigenvalue weighted by molar-refractivity contribution is 0.886. The predicted molar refractivity (Wildman–Crippen MR) is 119 cm³/mol. The highest BCUT2D eigenvalue weighted by Crippen LogP contribution is 2.30. The van der Waals surface area contributed by atoms with Gasteiger partial charge in [-0.1, -0.05) is 66.5 Å². The normalized spacial score (nSPS) is 11.4. The van der Waals surface area contributed by atoms with Crippen LogP contribution in [0.4, 0.5) is 0 Å². The number of halogens is 2. The molecule has 0 atom stereocenters. The van der Waals surface area contributed by atoms with Crippen molar-refractivity contribution in [2.24, 2.45) is 0 Å². The van der Waals surface area contributed by atoms with Crippen LogP contribution in [-0.4, -0.2) is 24.4 Å². The second-order valence-corrected chi connectivity index (χ2v) is 7.56. The number of benzene rings is 2. The fourth-order valence-corrected chi connectivity index (χ4v) is 3.99. The van der Waals surface area contributed by atoms with E-state index in [9.17, 15) is 4.79 Å². The minimum Gasteiger partial charge on any atom is -0.281 e. The second-order valence-electron chi connectivity index (χ2n) is 6.77. The van der Waals surface area contributed by atoms with Crippen molar-refractivity contribution in [2.45, 2.75) is 13.3 Å². The Morgan fingerprint density at radius 2 is 1.77 bits per heavy atom. The average Bonchev–Trinajstić information content (AvgIpc) is 3.16. The molecule has 0 fully saturated rings. The zero-order chi connectivity index (χ0) is 20.8. The summed E-state index contributed by atoms with van der Waals surface area (Å²) in [5.41, 5.74) is 4.36. The highest BCUT2D eigenvalue weighted by Gasteiger charge is 2.19. The first-order chi connectivity index (χ1) is 14.6. The zero-order valence-electron chi connectivity index (χ0n) is 15.9. The Hall–Kier alpha value is -3.22. The number of aromatic nitrogens is 5. The lowest BCUT2D eigenvalue weighted by Crippen LogP contribution is -2.20. The number of nitrogens with zero attached hydrogens (tertiary/aromatic N) is 5. The molecule has 0 aliphatic carbocycles. The molecule has 3 heterocycles. The molecule has 0 N–H and O–H groups in total. The van der Waals surface area contributed by atoms with Crippen LogP contribution in [0.25, 0.3) is 33.5 Å². The fourth-order valence-electron chi connectivity index (χ4n) is 3.61. The summed E-state index contributed by atoms with van der Waals surface area (Å²) in [7, 11) is 0. The van der Waals surface area contributed by atoms with Gasteiger partial charge in [0, 0.05) is 6.20 Å². The molecule has 0 spiro atoms. The van der Waals surface area contributed by atoms with Gasteiger partial charge in [-0.05, 0) is 30.2 Å². The van der Waals surface area contributed by atoms with Crippen LogP contribution in [0, 0.1) is 0 Å². The van der Waals surface area contributed by atoms with Gasteiger partial charge in [0.25, 0.3) is 5.56 Å². The van der Waals surface area contributed by atoms with Crippen LogP contribution in [-0.2, 0) is 6.42 Å². The van der Waals surface area contributed by atoms with Crippen molar-refractivity contribution in [1.29, 1.82) is 0 Å². The Bertz CT molecular complexity index is 1470. The monoisotopic (exact) mass is 435 g/mol. The minimum atomic E-state index is -0.346. The van der Waals surface area contributed by atoms with Gasteiger partial charge in [0.15, 0.2) is 11.2 Å². The molecule has 148 valence electrons. The summed E-state index contributed by atoms with van der Waals surface area (Å²) in [6.07, 6.45) is 2.38. The number of rotatable bonds is 3. The largest absolute Gasteiger partial charge is 0.285 e. The predicted octanol–water partition coefficient (Wildman–Crippen LogP) is 4.96. The molecule has 0 radical (unpaired) electrons. The van der Waals surface area contributed by atoms with Crippen molar-refractivity contribution in [3.63, 3.8) is 0 Å². The third kappa shape index (κ3) is 2.80. The quantitative estimate of drug-likeness (QED) is 0.401. The van der Waals surface area contributed by atoms with Gasteiger partial charge in [0.05, 0.1) is 27.0 Å². The third-order valence-electron chi connectivity index (χ3n) is 5.04. The van der Waals surface area contributed by atoms with Gasteiger partial charge in [-0.2, -0.15) is 5.10 Å². The molecule has 0 aliphatic heterocycles. The van der Waals surface area contributed by atoms with E-state index >= 15 is 0 Å². The topological polar surface area (TPSA) is 65.1 Å². The lowest BCUT2D eigenvalue weighted by Gasteiger charge is -2.10. The Morgan fingerprint density at radius 1 is 0.967 bits per heavy atom. The molecule has 30 heavy (non-hydrogen) atoms. The first-order valence-electron chi connectivity index (χ1n) is 9.39.